The summed E-state index contributed by atoms with van der Waals surface area (Å²) in [7, 11) is -3.94. The number of fused-ring (bicyclic) bond motifs is 1. The summed E-state index contributed by atoms with van der Waals surface area (Å²) in [5.74, 6) is 0.213. The average Bonchev–Trinajstić information content (AvgIpc) is 2.68. The SMILES string of the molecule is Cc1ccc(C)c(NC(=O)[C@@H](NS(=O)(=O)c2ccc3c(c2)OCCO3)C(C)C)c1. The molecule has 0 aromatic heterocycles. The number of hydrogen-bond acceptors (Lipinski definition) is 5. The van der Waals surface area contributed by atoms with E-state index in [1.54, 1.807) is 19.9 Å². The van der Waals surface area contributed by atoms with Crippen molar-refractivity contribution in [1.29, 1.82) is 0 Å². The zero-order chi connectivity index (χ0) is 21.2. The molecule has 3 rings (SSSR count). The van der Waals surface area contributed by atoms with Gasteiger partial charge in [-0.2, -0.15) is 4.72 Å². The Labute approximate surface area is 171 Å². The van der Waals surface area contributed by atoms with Crippen molar-refractivity contribution in [2.24, 2.45) is 5.92 Å². The Morgan fingerprint density at radius 3 is 2.38 bits per heavy atom. The first-order valence-corrected chi connectivity index (χ1v) is 11.0. The molecule has 2 aromatic rings. The van der Waals surface area contributed by atoms with Crippen LogP contribution >= 0.6 is 0 Å². The van der Waals surface area contributed by atoms with Gasteiger partial charge >= 0.3 is 0 Å². The molecule has 2 N–H and O–H groups in total. The molecule has 1 aliphatic heterocycles. The fraction of sp³-hybridized carbons (Fsp3) is 0.381. The molecule has 1 amide bonds. The van der Waals surface area contributed by atoms with E-state index >= 15 is 0 Å². The Morgan fingerprint density at radius 2 is 1.69 bits per heavy atom. The Kier molecular flexibility index (Phi) is 6.14. The lowest BCUT2D eigenvalue weighted by molar-refractivity contribution is -0.118. The van der Waals surface area contributed by atoms with Crippen LogP contribution in [-0.4, -0.2) is 33.6 Å². The molecule has 0 spiro atoms. The molecule has 29 heavy (non-hydrogen) atoms. The summed E-state index contributed by atoms with van der Waals surface area (Å²) >= 11 is 0. The number of carbonyl (C=O) groups is 1. The van der Waals surface area contributed by atoms with Gasteiger partial charge in [0, 0.05) is 11.8 Å². The number of sulfonamides is 1. The monoisotopic (exact) mass is 418 g/mol. The van der Waals surface area contributed by atoms with Crippen LogP contribution in [0.1, 0.15) is 25.0 Å². The van der Waals surface area contributed by atoms with Crippen molar-refractivity contribution >= 4 is 21.6 Å². The van der Waals surface area contributed by atoms with Gasteiger partial charge in [-0.15, -0.1) is 0 Å². The van der Waals surface area contributed by atoms with E-state index in [0.29, 0.717) is 30.4 Å². The number of aryl methyl sites for hydroxylation is 2. The van der Waals surface area contributed by atoms with Crippen LogP contribution in [0, 0.1) is 19.8 Å². The van der Waals surface area contributed by atoms with Crippen LogP contribution < -0.4 is 19.5 Å². The topological polar surface area (TPSA) is 93.7 Å². The maximum Gasteiger partial charge on any atom is 0.242 e. The molecule has 156 valence electrons. The normalized spacial score (nSPS) is 14.5. The van der Waals surface area contributed by atoms with Gasteiger partial charge in [-0.3, -0.25) is 4.79 Å². The summed E-state index contributed by atoms with van der Waals surface area (Å²) in [6, 6.07) is 9.20. The molecule has 1 atom stereocenters. The second-order valence-electron chi connectivity index (χ2n) is 7.46. The van der Waals surface area contributed by atoms with Crippen molar-refractivity contribution in [1.82, 2.24) is 4.72 Å². The molecule has 0 fully saturated rings. The first-order chi connectivity index (χ1) is 13.7. The van der Waals surface area contributed by atoms with E-state index in [0.717, 1.165) is 11.1 Å². The number of hydrogen-bond donors (Lipinski definition) is 2. The van der Waals surface area contributed by atoms with E-state index in [2.05, 4.69) is 10.0 Å². The molecule has 0 aliphatic carbocycles. The third-order valence-electron chi connectivity index (χ3n) is 4.71. The molecule has 0 bridgehead atoms. The molecule has 1 heterocycles. The fourth-order valence-corrected chi connectivity index (χ4v) is 4.36. The van der Waals surface area contributed by atoms with Gasteiger partial charge in [-0.05, 0) is 49.1 Å². The predicted molar refractivity (Wildman–Crippen MR) is 111 cm³/mol. The van der Waals surface area contributed by atoms with Crippen LogP contribution in [0.15, 0.2) is 41.3 Å². The number of carbonyl (C=O) groups excluding carboxylic acids is 1. The van der Waals surface area contributed by atoms with Gasteiger partial charge in [-0.1, -0.05) is 26.0 Å². The summed E-state index contributed by atoms with van der Waals surface area (Å²) in [5, 5.41) is 2.85. The smallest absolute Gasteiger partial charge is 0.242 e. The minimum absolute atomic E-state index is 0.0203. The summed E-state index contributed by atoms with van der Waals surface area (Å²) in [6.45, 7) is 8.18. The highest BCUT2D eigenvalue weighted by Gasteiger charge is 2.29. The molecular weight excluding hydrogens is 392 g/mol. The van der Waals surface area contributed by atoms with E-state index in [-0.39, 0.29) is 10.8 Å². The Hall–Kier alpha value is -2.58. The second kappa shape index (κ2) is 8.42. The molecule has 0 unspecified atom stereocenters. The number of amides is 1. The minimum Gasteiger partial charge on any atom is -0.486 e. The van der Waals surface area contributed by atoms with Crippen LogP contribution in [0.5, 0.6) is 11.5 Å². The lowest BCUT2D eigenvalue weighted by Crippen LogP contribution is -2.47. The highest BCUT2D eigenvalue weighted by atomic mass is 32.2. The van der Waals surface area contributed by atoms with Crippen molar-refractivity contribution < 1.29 is 22.7 Å². The van der Waals surface area contributed by atoms with Gasteiger partial charge in [0.1, 0.15) is 19.3 Å². The second-order valence-corrected chi connectivity index (χ2v) is 9.17. The first-order valence-electron chi connectivity index (χ1n) is 9.47. The van der Waals surface area contributed by atoms with E-state index in [4.69, 9.17) is 9.47 Å². The van der Waals surface area contributed by atoms with Crippen molar-refractivity contribution in [3.05, 3.63) is 47.5 Å². The zero-order valence-electron chi connectivity index (χ0n) is 17.0. The van der Waals surface area contributed by atoms with Gasteiger partial charge in [-0.25, -0.2) is 8.42 Å². The average molecular weight is 419 g/mol. The van der Waals surface area contributed by atoms with E-state index in [9.17, 15) is 13.2 Å². The largest absolute Gasteiger partial charge is 0.486 e. The summed E-state index contributed by atoms with van der Waals surface area (Å²) < 4.78 is 39.3. The fourth-order valence-electron chi connectivity index (χ4n) is 3.00. The summed E-state index contributed by atoms with van der Waals surface area (Å²) in [5.41, 5.74) is 2.57. The lowest BCUT2D eigenvalue weighted by Gasteiger charge is -2.23. The predicted octanol–water partition coefficient (Wildman–Crippen LogP) is 3.02. The number of rotatable bonds is 6. The van der Waals surface area contributed by atoms with E-state index in [1.807, 2.05) is 32.0 Å². The molecule has 8 heteroatoms. The van der Waals surface area contributed by atoms with Crippen LogP contribution in [0.3, 0.4) is 0 Å². The van der Waals surface area contributed by atoms with Gasteiger partial charge in [0.05, 0.1) is 4.90 Å². The molecule has 1 aliphatic rings. The summed E-state index contributed by atoms with van der Waals surface area (Å²) in [4.78, 5) is 12.9. The van der Waals surface area contributed by atoms with E-state index < -0.39 is 22.0 Å². The standard InChI is InChI=1S/C21H26N2O5S/c1-13(2)20(21(24)22-17-11-14(3)5-6-15(17)4)23-29(25,26)16-7-8-18-19(12-16)28-10-9-27-18/h5-8,11-13,20,23H,9-10H2,1-4H3,(H,22,24)/t20-/m0/s1. The van der Waals surface area contributed by atoms with Crippen LogP contribution in [-0.2, 0) is 14.8 Å². The quantitative estimate of drug-likeness (QED) is 0.752. The minimum atomic E-state index is -3.94. The Morgan fingerprint density at radius 1 is 1.00 bits per heavy atom. The maximum absolute atomic E-state index is 12.9. The molecule has 0 saturated carbocycles. The van der Waals surface area contributed by atoms with Crippen molar-refractivity contribution in [3.63, 3.8) is 0 Å². The Balaban J connectivity index is 1.82. The van der Waals surface area contributed by atoms with Gasteiger partial charge in [0.2, 0.25) is 15.9 Å². The third-order valence-corrected chi connectivity index (χ3v) is 6.14. The van der Waals surface area contributed by atoms with Crippen molar-refractivity contribution in [3.8, 4) is 11.5 Å². The molecule has 7 nitrogen and oxygen atoms in total. The highest BCUT2D eigenvalue weighted by Crippen LogP contribution is 2.32. The van der Waals surface area contributed by atoms with Crippen molar-refractivity contribution in [2.45, 2.75) is 38.6 Å². The van der Waals surface area contributed by atoms with Crippen molar-refractivity contribution in [2.75, 3.05) is 18.5 Å². The molecule has 2 aromatic carbocycles. The van der Waals surface area contributed by atoms with E-state index in [1.165, 1.54) is 12.1 Å². The zero-order valence-corrected chi connectivity index (χ0v) is 17.8. The molecule has 0 radical (unpaired) electrons. The number of benzene rings is 2. The van der Waals surface area contributed by atoms with Crippen LogP contribution in [0.4, 0.5) is 5.69 Å². The maximum atomic E-state index is 12.9. The van der Waals surface area contributed by atoms with Gasteiger partial charge in [0.15, 0.2) is 11.5 Å². The molecular formula is C21H26N2O5S. The van der Waals surface area contributed by atoms with Gasteiger partial charge < -0.3 is 14.8 Å². The lowest BCUT2D eigenvalue weighted by atomic mass is 10.0. The first kappa shape index (κ1) is 21.1. The third kappa shape index (κ3) is 4.89. The van der Waals surface area contributed by atoms with Crippen LogP contribution in [0.25, 0.3) is 0 Å². The van der Waals surface area contributed by atoms with Crippen LogP contribution in [0.2, 0.25) is 0 Å². The number of ether oxygens (including phenoxy) is 2. The number of anilines is 1. The molecule has 0 saturated heterocycles. The Bertz CT molecular complexity index is 1020. The summed E-state index contributed by atoms with van der Waals surface area (Å²) in [6.07, 6.45) is 0. The number of nitrogens with one attached hydrogen (secondary N) is 2. The highest BCUT2D eigenvalue weighted by molar-refractivity contribution is 7.89. The van der Waals surface area contributed by atoms with Gasteiger partial charge in [0.25, 0.3) is 0 Å².